The largest absolute Gasteiger partial charge is 0.356 e. The van der Waals surface area contributed by atoms with Crippen LogP contribution in [0.1, 0.15) is 28.9 Å². The molecule has 1 aromatic heterocycles. The molecule has 2 amide bonds. The summed E-state index contributed by atoms with van der Waals surface area (Å²) in [7, 11) is 0. The number of amides is 2. The van der Waals surface area contributed by atoms with Crippen molar-refractivity contribution in [1.82, 2.24) is 15.2 Å². The van der Waals surface area contributed by atoms with Crippen LogP contribution in [0.2, 0.25) is 0 Å². The van der Waals surface area contributed by atoms with Gasteiger partial charge < -0.3 is 10.2 Å². The molecule has 1 aliphatic rings. The van der Waals surface area contributed by atoms with Crippen LogP contribution in [0.5, 0.6) is 0 Å². The number of halogens is 2. The molecule has 2 heterocycles. The second kappa shape index (κ2) is 9.99. The molecule has 2 aromatic carbocycles. The van der Waals surface area contributed by atoms with Gasteiger partial charge >= 0.3 is 0 Å². The van der Waals surface area contributed by atoms with Gasteiger partial charge in [-0.05, 0) is 43.0 Å². The highest BCUT2D eigenvalue weighted by Gasteiger charge is 2.28. The molecule has 166 valence electrons. The second-order valence-electron chi connectivity index (χ2n) is 7.72. The first-order valence-electron chi connectivity index (χ1n) is 10.5. The molecule has 0 spiro atoms. The predicted octanol–water partition coefficient (Wildman–Crippen LogP) is 4.30. The van der Waals surface area contributed by atoms with Crippen molar-refractivity contribution in [1.29, 1.82) is 0 Å². The lowest BCUT2D eigenvalue weighted by atomic mass is 9.95. The Bertz CT molecular complexity index is 1110. The summed E-state index contributed by atoms with van der Waals surface area (Å²) in [6.45, 7) is 1.28. The van der Waals surface area contributed by atoms with Gasteiger partial charge in [0.2, 0.25) is 5.91 Å². The van der Waals surface area contributed by atoms with Crippen LogP contribution in [0.25, 0.3) is 10.6 Å². The van der Waals surface area contributed by atoms with E-state index in [1.807, 2.05) is 0 Å². The van der Waals surface area contributed by atoms with Crippen molar-refractivity contribution < 1.29 is 18.4 Å². The van der Waals surface area contributed by atoms with Gasteiger partial charge in [-0.25, -0.2) is 13.8 Å². The molecule has 4 rings (SSSR count). The Morgan fingerprint density at radius 3 is 2.44 bits per heavy atom. The lowest BCUT2D eigenvalue weighted by Crippen LogP contribution is -2.43. The van der Waals surface area contributed by atoms with Crippen LogP contribution in [0, 0.1) is 17.6 Å². The zero-order valence-electron chi connectivity index (χ0n) is 17.4. The molecule has 1 saturated heterocycles. The summed E-state index contributed by atoms with van der Waals surface area (Å²) in [5.41, 5.74) is 1.24. The van der Waals surface area contributed by atoms with Gasteiger partial charge in [-0.3, -0.25) is 9.59 Å². The highest BCUT2D eigenvalue weighted by molar-refractivity contribution is 7.13. The molecule has 3 aromatic rings. The smallest absolute Gasteiger partial charge is 0.273 e. The van der Waals surface area contributed by atoms with Crippen molar-refractivity contribution in [3.8, 4) is 10.6 Å². The molecule has 1 aliphatic heterocycles. The van der Waals surface area contributed by atoms with Crippen LogP contribution in [0.15, 0.2) is 53.9 Å². The fourth-order valence-electron chi connectivity index (χ4n) is 3.80. The summed E-state index contributed by atoms with van der Waals surface area (Å²) in [6, 6.07) is 12.9. The Morgan fingerprint density at radius 1 is 1.03 bits per heavy atom. The van der Waals surface area contributed by atoms with E-state index >= 15 is 0 Å². The molecule has 0 bridgehead atoms. The molecular formula is C24H23F2N3O2S. The molecule has 0 radical (unpaired) electrons. The zero-order chi connectivity index (χ0) is 22.5. The fourth-order valence-corrected chi connectivity index (χ4v) is 4.62. The monoisotopic (exact) mass is 455 g/mol. The Labute approximate surface area is 189 Å². The van der Waals surface area contributed by atoms with Gasteiger partial charge in [-0.15, -0.1) is 11.3 Å². The Hall–Kier alpha value is -3.13. The van der Waals surface area contributed by atoms with E-state index in [4.69, 9.17) is 0 Å². The van der Waals surface area contributed by atoms with Crippen LogP contribution in [0.4, 0.5) is 8.78 Å². The highest BCUT2D eigenvalue weighted by atomic mass is 32.1. The van der Waals surface area contributed by atoms with Crippen LogP contribution in [-0.4, -0.2) is 41.3 Å². The van der Waals surface area contributed by atoms with E-state index < -0.39 is 0 Å². The Kier molecular flexibility index (Phi) is 6.90. The molecule has 8 heteroatoms. The number of nitrogens with zero attached hydrogens (tertiary/aromatic N) is 2. The van der Waals surface area contributed by atoms with Crippen molar-refractivity contribution >= 4 is 23.2 Å². The molecule has 0 aliphatic carbocycles. The number of likely N-dealkylation sites (tertiary alicyclic amines) is 1. The summed E-state index contributed by atoms with van der Waals surface area (Å²) < 4.78 is 27.7. The predicted molar refractivity (Wildman–Crippen MR) is 119 cm³/mol. The third-order valence-electron chi connectivity index (χ3n) is 5.63. The number of rotatable bonds is 6. The van der Waals surface area contributed by atoms with Gasteiger partial charge in [0.25, 0.3) is 5.91 Å². The number of piperidine rings is 1. The number of thiazole rings is 1. The quantitative estimate of drug-likeness (QED) is 0.603. The molecule has 1 N–H and O–H groups in total. The van der Waals surface area contributed by atoms with Gasteiger partial charge in [0.1, 0.15) is 22.3 Å². The topological polar surface area (TPSA) is 62.3 Å². The number of carbonyl (C=O) groups excluding carboxylic acids is 2. The first kappa shape index (κ1) is 22.1. The molecule has 1 fully saturated rings. The minimum Gasteiger partial charge on any atom is -0.356 e. The second-order valence-corrected chi connectivity index (χ2v) is 8.57. The molecular weight excluding hydrogens is 432 g/mol. The number of aromatic nitrogens is 1. The van der Waals surface area contributed by atoms with Crippen LogP contribution in [0.3, 0.4) is 0 Å². The van der Waals surface area contributed by atoms with Crippen molar-refractivity contribution in [3.05, 3.63) is 76.8 Å². The summed E-state index contributed by atoms with van der Waals surface area (Å²) >= 11 is 1.23. The van der Waals surface area contributed by atoms with E-state index in [0.717, 1.165) is 0 Å². The average Bonchev–Trinajstić information content (AvgIpc) is 3.30. The van der Waals surface area contributed by atoms with Crippen molar-refractivity contribution in [2.75, 3.05) is 19.6 Å². The molecule has 32 heavy (non-hydrogen) atoms. The van der Waals surface area contributed by atoms with Gasteiger partial charge in [-0.1, -0.05) is 30.3 Å². The minimum atomic E-state index is -0.373. The fraction of sp³-hybridized carbons (Fsp3) is 0.292. The molecule has 0 saturated carbocycles. The summed E-state index contributed by atoms with van der Waals surface area (Å²) in [4.78, 5) is 31.3. The summed E-state index contributed by atoms with van der Waals surface area (Å²) in [5.74, 6) is -1.09. The highest BCUT2D eigenvalue weighted by Crippen LogP contribution is 2.27. The van der Waals surface area contributed by atoms with Gasteiger partial charge in [-0.2, -0.15) is 0 Å². The van der Waals surface area contributed by atoms with E-state index in [2.05, 4.69) is 10.3 Å². The normalized spacial score (nSPS) is 14.4. The third-order valence-corrected chi connectivity index (χ3v) is 6.51. The van der Waals surface area contributed by atoms with Crippen molar-refractivity contribution in [2.24, 2.45) is 5.92 Å². The number of benzene rings is 2. The summed E-state index contributed by atoms with van der Waals surface area (Å²) in [5, 5.41) is 4.99. The molecule has 0 unspecified atom stereocenters. The Balaban J connectivity index is 1.27. The summed E-state index contributed by atoms with van der Waals surface area (Å²) in [6.07, 6.45) is 1.55. The van der Waals surface area contributed by atoms with Crippen molar-refractivity contribution in [2.45, 2.75) is 19.3 Å². The lowest BCUT2D eigenvalue weighted by molar-refractivity contribution is -0.126. The first-order valence-corrected chi connectivity index (χ1v) is 11.4. The third kappa shape index (κ3) is 5.02. The lowest BCUT2D eigenvalue weighted by Gasteiger charge is -2.31. The van der Waals surface area contributed by atoms with Gasteiger partial charge in [0.15, 0.2) is 0 Å². The molecule has 0 atom stereocenters. The van der Waals surface area contributed by atoms with Gasteiger partial charge in [0.05, 0.1) is 0 Å². The number of carbonyl (C=O) groups is 2. The van der Waals surface area contributed by atoms with E-state index in [1.54, 1.807) is 46.7 Å². The maximum atomic E-state index is 14.0. The van der Waals surface area contributed by atoms with Gasteiger partial charge in [0, 0.05) is 36.5 Å². The number of hydrogen-bond acceptors (Lipinski definition) is 4. The van der Waals surface area contributed by atoms with E-state index in [1.165, 1.54) is 23.5 Å². The molecule has 5 nitrogen and oxygen atoms in total. The Morgan fingerprint density at radius 2 is 1.72 bits per heavy atom. The number of nitrogens with one attached hydrogen (secondary N) is 1. The van der Waals surface area contributed by atoms with Crippen molar-refractivity contribution in [3.63, 3.8) is 0 Å². The van der Waals surface area contributed by atoms with E-state index in [9.17, 15) is 18.4 Å². The van der Waals surface area contributed by atoms with Crippen LogP contribution >= 0.6 is 11.3 Å². The zero-order valence-corrected chi connectivity index (χ0v) is 18.2. The van der Waals surface area contributed by atoms with Crippen LogP contribution in [-0.2, 0) is 11.2 Å². The SMILES string of the molecule is O=C(NCCc1ccccc1F)C1CCN(C(=O)c2csc(-c3ccccc3F)n2)CC1. The maximum Gasteiger partial charge on any atom is 0.273 e. The van der Waals surface area contributed by atoms with Crippen LogP contribution < -0.4 is 5.32 Å². The maximum absolute atomic E-state index is 14.0. The standard InChI is InChI=1S/C24H23F2N3O2S/c25-19-7-3-1-5-16(19)9-12-27-22(30)17-10-13-29(14-11-17)24(31)21-15-32-23(28-21)18-6-2-4-8-20(18)26/h1-8,15,17H,9-14H2,(H,27,30). The van der Waals surface area contributed by atoms with E-state index in [0.29, 0.717) is 60.7 Å². The average molecular weight is 456 g/mol. The minimum absolute atomic E-state index is 0.0658. The number of hydrogen-bond donors (Lipinski definition) is 1. The van der Waals surface area contributed by atoms with E-state index in [-0.39, 0.29) is 29.4 Å². The first-order chi connectivity index (χ1) is 15.5.